The molecule has 0 atom stereocenters. The van der Waals surface area contributed by atoms with E-state index in [4.69, 9.17) is 9.47 Å². The number of thiazole rings is 1. The second kappa shape index (κ2) is 8.26. The highest BCUT2D eigenvalue weighted by Crippen LogP contribution is 2.31. The van der Waals surface area contributed by atoms with Crippen molar-refractivity contribution in [1.82, 2.24) is 15.3 Å². The molecule has 0 radical (unpaired) electrons. The van der Waals surface area contributed by atoms with Gasteiger partial charge in [-0.2, -0.15) is 0 Å². The van der Waals surface area contributed by atoms with Crippen molar-refractivity contribution in [2.24, 2.45) is 0 Å². The molecular weight excluding hydrogens is 406 g/mol. The fraction of sp³-hybridized carbons (Fsp3) is 0.238. The van der Waals surface area contributed by atoms with Crippen LogP contribution in [0.3, 0.4) is 0 Å². The summed E-state index contributed by atoms with van der Waals surface area (Å²) in [4.78, 5) is 22.6. The Morgan fingerprint density at radius 3 is 2.79 bits per heavy atom. The van der Waals surface area contributed by atoms with Crippen molar-refractivity contribution < 1.29 is 14.3 Å². The molecule has 0 saturated heterocycles. The molecule has 0 spiro atoms. The zero-order chi connectivity index (χ0) is 20.4. The van der Waals surface area contributed by atoms with Crippen LogP contribution >= 0.6 is 22.7 Å². The lowest BCUT2D eigenvalue weighted by atomic mass is 10.2. The van der Waals surface area contributed by atoms with Crippen LogP contribution in [-0.2, 0) is 6.42 Å². The number of ether oxygens (including phenoxy) is 2. The van der Waals surface area contributed by atoms with Crippen molar-refractivity contribution in [2.75, 3.05) is 20.8 Å². The number of thiophene rings is 1. The molecule has 1 amide bonds. The van der Waals surface area contributed by atoms with Crippen molar-refractivity contribution in [1.29, 1.82) is 0 Å². The number of methoxy groups -OCH3 is 2. The minimum absolute atomic E-state index is 0.144. The van der Waals surface area contributed by atoms with Crippen LogP contribution in [0.1, 0.15) is 20.4 Å². The predicted molar refractivity (Wildman–Crippen MR) is 118 cm³/mol. The lowest BCUT2D eigenvalue weighted by Gasteiger charge is -2.05. The molecule has 2 N–H and O–H groups in total. The van der Waals surface area contributed by atoms with Crippen LogP contribution in [0.25, 0.3) is 21.5 Å². The van der Waals surface area contributed by atoms with Crippen molar-refractivity contribution in [3.05, 3.63) is 51.3 Å². The predicted octanol–water partition coefficient (Wildman–Crippen LogP) is 4.65. The number of H-pyrrole nitrogens is 1. The summed E-state index contributed by atoms with van der Waals surface area (Å²) >= 11 is 3.37. The minimum Gasteiger partial charge on any atom is -0.497 e. The summed E-state index contributed by atoms with van der Waals surface area (Å²) < 4.78 is 10.7. The van der Waals surface area contributed by atoms with Crippen molar-refractivity contribution in [3.63, 3.8) is 0 Å². The molecule has 29 heavy (non-hydrogen) atoms. The third-order valence-electron chi connectivity index (χ3n) is 4.56. The van der Waals surface area contributed by atoms with Gasteiger partial charge in [0.05, 0.1) is 35.3 Å². The first kappa shape index (κ1) is 19.5. The molecule has 0 aliphatic heterocycles. The van der Waals surface area contributed by atoms with Gasteiger partial charge < -0.3 is 19.8 Å². The van der Waals surface area contributed by atoms with Crippen molar-refractivity contribution >= 4 is 39.5 Å². The zero-order valence-corrected chi connectivity index (χ0v) is 18.0. The molecular formula is C21H21N3O3S2. The first-order chi connectivity index (χ1) is 14.1. The summed E-state index contributed by atoms with van der Waals surface area (Å²) in [6.07, 6.45) is 0.775. The number of hydrogen-bond acceptors (Lipinski definition) is 6. The van der Waals surface area contributed by atoms with Gasteiger partial charge in [-0.15, -0.1) is 22.7 Å². The van der Waals surface area contributed by atoms with E-state index in [0.717, 1.165) is 32.9 Å². The van der Waals surface area contributed by atoms with E-state index in [9.17, 15) is 4.79 Å². The van der Waals surface area contributed by atoms with Gasteiger partial charge in [0.2, 0.25) is 0 Å². The molecule has 6 nitrogen and oxygen atoms in total. The van der Waals surface area contributed by atoms with E-state index in [1.807, 2.05) is 19.1 Å². The van der Waals surface area contributed by atoms with Gasteiger partial charge in [0.15, 0.2) is 0 Å². The van der Waals surface area contributed by atoms with Gasteiger partial charge in [0, 0.05) is 28.3 Å². The molecule has 0 fully saturated rings. The Morgan fingerprint density at radius 2 is 2.07 bits per heavy atom. The van der Waals surface area contributed by atoms with E-state index in [-0.39, 0.29) is 5.91 Å². The minimum atomic E-state index is -0.144. The summed E-state index contributed by atoms with van der Waals surface area (Å²) in [5.74, 6) is 1.18. The first-order valence-electron chi connectivity index (χ1n) is 9.11. The summed E-state index contributed by atoms with van der Waals surface area (Å²) in [7, 11) is 3.20. The second-order valence-corrected chi connectivity index (χ2v) is 8.73. The van der Waals surface area contributed by atoms with Crippen LogP contribution in [0.2, 0.25) is 0 Å². The van der Waals surface area contributed by atoms with Crippen LogP contribution in [0.15, 0.2) is 35.7 Å². The Balaban J connectivity index is 1.40. The van der Waals surface area contributed by atoms with Crippen LogP contribution in [0.5, 0.6) is 11.5 Å². The topological polar surface area (TPSA) is 76.2 Å². The molecule has 0 unspecified atom stereocenters. The van der Waals surface area contributed by atoms with E-state index < -0.39 is 0 Å². The van der Waals surface area contributed by atoms with Crippen molar-refractivity contribution in [3.8, 4) is 22.1 Å². The number of fused-ring (bicyclic) bond motifs is 1. The third kappa shape index (κ3) is 4.13. The van der Waals surface area contributed by atoms with Crippen LogP contribution in [0, 0.1) is 6.92 Å². The highest BCUT2D eigenvalue weighted by Gasteiger charge is 2.14. The van der Waals surface area contributed by atoms with E-state index in [1.54, 1.807) is 43.0 Å². The lowest BCUT2D eigenvalue weighted by Crippen LogP contribution is -2.25. The largest absolute Gasteiger partial charge is 0.497 e. The maximum atomic E-state index is 12.6. The van der Waals surface area contributed by atoms with Gasteiger partial charge in [-0.3, -0.25) is 4.79 Å². The fourth-order valence-corrected chi connectivity index (χ4v) is 4.76. The summed E-state index contributed by atoms with van der Waals surface area (Å²) in [5.41, 5.74) is 2.30. The highest BCUT2D eigenvalue weighted by atomic mass is 32.1. The normalized spacial score (nSPS) is 11.0. The molecule has 4 aromatic rings. The lowest BCUT2D eigenvalue weighted by molar-refractivity contribution is 0.0950. The standard InChI is InChI=1S/C21H21N3O3S2/c1-12-23-17(11-28-12)19-5-4-15(29-19)6-7-22-21(25)16-9-13-8-14(26-2)10-18(27-3)20(13)24-16/h4-5,8-11,24H,6-7H2,1-3H3,(H,22,25). The molecule has 150 valence electrons. The molecule has 0 aliphatic rings. The van der Waals surface area contributed by atoms with Gasteiger partial charge in [-0.1, -0.05) is 0 Å². The Kier molecular flexibility index (Phi) is 5.55. The number of nitrogens with one attached hydrogen (secondary N) is 2. The molecule has 8 heteroatoms. The number of hydrogen-bond donors (Lipinski definition) is 2. The van der Waals surface area contributed by atoms with E-state index in [2.05, 4.69) is 32.8 Å². The molecule has 3 aromatic heterocycles. The third-order valence-corrected chi connectivity index (χ3v) is 6.50. The highest BCUT2D eigenvalue weighted by molar-refractivity contribution is 7.16. The summed E-state index contributed by atoms with van der Waals surface area (Å²) in [5, 5.41) is 6.99. The number of carbonyl (C=O) groups is 1. The van der Waals surface area contributed by atoms with Crippen LogP contribution < -0.4 is 14.8 Å². The molecule has 0 aliphatic carbocycles. The number of aromatic amines is 1. The molecule has 0 saturated carbocycles. The molecule has 1 aromatic carbocycles. The fourth-order valence-electron chi connectivity index (χ4n) is 3.11. The quantitative estimate of drug-likeness (QED) is 0.450. The number of amides is 1. The van der Waals surface area contributed by atoms with Crippen LogP contribution in [-0.4, -0.2) is 36.6 Å². The van der Waals surface area contributed by atoms with E-state index >= 15 is 0 Å². The molecule has 3 heterocycles. The Hall–Kier alpha value is -2.84. The van der Waals surface area contributed by atoms with Gasteiger partial charge >= 0.3 is 0 Å². The van der Waals surface area contributed by atoms with Gasteiger partial charge in [-0.25, -0.2) is 4.98 Å². The summed E-state index contributed by atoms with van der Waals surface area (Å²) in [6.45, 7) is 2.57. The summed E-state index contributed by atoms with van der Waals surface area (Å²) in [6, 6.07) is 9.66. The average Bonchev–Trinajstić information content (AvgIpc) is 3.45. The Morgan fingerprint density at radius 1 is 1.21 bits per heavy atom. The zero-order valence-electron chi connectivity index (χ0n) is 16.4. The van der Waals surface area contributed by atoms with E-state index in [1.165, 1.54) is 4.88 Å². The number of benzene rings is 1. The first-order valence-corrected chi connectivity index (χ1v) is 10.8. The van der Waals surface area contributed by atoms with Gasteiger partial charge in [0.1, 0.15) is 17.2 Å². The number of aryl methyl sites for hydroxylation is 1. The smallest absolute Gasteiger partial charge is 0.267 e. The second-order valence-electron chi connectivity index (χ2n) is 6.50. The average molecular weight is 428 g/mol. The van der Waals surface area contributed by atoms with Crippen molar-refractivity contribution in [2.45, 2.75) is 13.3 Å². The molecule has 0 bridgehead atoms. The van der Waals surface area contributed by atoms with E-state index in [0.29, 0.717) is 23.7 Å². The number of rotatable bonds is 7. The monoisotopic (exact) mass is 427 g/mol. The number of carbonyl (C=O) groups excluding carboxylic acids is 1. The Bertz CT molecular complexity index is 1160. The Labute approximate surface area is 176 Å². The number of nitrogens with zero attached hydrogens (tertiary/aromatic N) is 1. The SMILES string of the molecule is COc1cc(OC)c2[nH]c(C(=O)NCCc3ccc(-c4csc(C)n4)s3)cc2c1. The number of aromatic nitrogens is 2. The van der Waals surface area contributed by atoms with Crippen LogP contribution in [0.4, 0.5) is 0 Å². The molecule has 4 rings (SSSR count). The van der Waals surface area contributed by atoms with Gasteiger partial charge in [-0.05, 0) is 37.6 Å². The van der Waals surface area contributed by atoms with Gasteiger partial charge in [0.25, 0.3) is 5.91 Å². The maximum absolute atomic E-state index is 12.6. The maximum Gasteiger partial charge on any atom is 0.267 e.